The van der Waals surface area contributed by atoms with Gasteiger partial charge in [0, 0.05) is 31.2 Å². The van der Waals surface area contributed by atoms with Crippen molar-refractivity contribution < 1.29 is 4.42 Å². The molecule has 18 heavy (non-hydrogen) atoms. The number of hydrogen-bond donors (Lipinski definition) is 1. The topological polar surface area (TPSA) is 43.0 Å². The van der Waals surface area contributed by atoms with E-state index in [2.05, 4.69) is 21.8 Å². The van der Waals surface area contributed by atoms with Gasteiger partial charge < -0.3 is 14.3 Å². The first-order valence-electron chi connectivity index (χ1n) is 6.59. The predicted molar refractivity (Wildman–Crippen MR) is 69.2 cm³/mol. The fourth-order valence-electron chi connectivity index (χ4n) is 2.23. The van der Waals surface area contributed by atoms with E-state index in [0.29, 0.717) is 12.1 Å². The van der Waals surface area contributed by atoms with Gasteiger partial charge in [-0.3, -0.25) is 0 Å². The summed E-state index contributed by atoms with van der Waals surface area (Å²) in [6.45, 7) is 3.05. The second-order valence-electron chi connectivity index (χ2n) is 5.09. The fourth-order valence-corrected chi connectivity index (χ4v) is 2.23. The van der Waals surface area contributed by atoms with Crippen LogP contribution in [0, 0.1) is 0 Å². The van der Waals surface area contributed by atoms with Gasteiger partial charge in [-0.2, -0.15) is 0 Å². The average molecular weight is 245 g/mol. The summed E-state index contributed by atoms with van der Waals surface area (Å²) in [5, 5.41) is 3.53. The first kappa shape index (κ1) is 11.5. The smallest absolute Gasteiger partial charge is 0.105 e. The van der Waals surface area contributed by atoms with Crippen LogP contribution in [0.5, 0.6) is 0 Å². The van der Waals surface area contributed by atoms with E-state index in [-0.39, 0.29) is 0 Å². The standard InChI is InChI=1S/C14H19N3O/c1-11(7-14-3-2-6-18-14)16-9-13-8-15-10-17(13)12-4-5-12/h2-3,6,8,10-12,16H,4-5,7,9H2,1H3. The molecule has 2 aromatic rings. The molecule has 1 fully saturated rings. The Hall–Kier alpha value is -1.55. The van der Waals surface area contributed by atoms with Crippen LogP contribution in [-0.4, -0.2) is 15.6 Å². The van der Waals surface area contributed by atoms with Gasteiger partial charge in [0.15, 0.2) is 0 Å². The fraction of sp³-hybridized carbons (Fsp3) is 0.500. The van der Waals surface area contributed by atoms with Crippen LogP contribution in [0.3, 0.4) is 0 Å². The molecular formula is C14H19N3O. The van der Waals surface area contributed by atoms with E-state index in [9.17, 15) is 0 Å². The lowest BCUT2D eigenvalue weighted by molar-refractivity contribution is 0.451. The Morgan fingerprint density at radius 3 is 3.17 bits per heavy atom. The number of hydrogen-bond acceptors (Lipinski definition) is 3. The van der Waals surface area contributed by atoms with Crippen LogP contribution < -0.4 is 5.32 Å². The first-order chi connectivity index (χ1) is 8.83. The highest BCUT2D eigenvalue weighted by molar-refractivity contribution is 5.04. The summed E-state index contributed by atoms with van der Waals surface area (Å²) in [6, 6.07) is 5.06. The molecule has 3 rings (SSSR count). The van der Waals surface area contributed by atoms with E-state index in [1.165, 1.54) is 18.5 Å². The van der Waals surface area contributed by atoms with Gasteiger partial charge in [0.2, 0.25) is 0 Å². The zero-order valence-corrected chi connectivity index (χ0v) is 10.7. The monoisotopic (exact) mass is 245 g/mol. The molecule has 0 saturated heterocycles. The maximum absolute atomic E-state index is 5.36. The number of nitrogens with zero attached hydrogens (tertiary/aromatic N) is 2. The second kappa shape index (κ2) is 4.98. The van der Waals surface area contributed by atoms with E-state index in [1.54, 1.807) is 6.26 Å². The van der Waals surface area contributed by atoms with Crippen molar-refractivity contribution in [2.75, 3.05) is 0 Å². The van der Waals surface area contributed by atoms with Crippen LogP contribution in [0.2, 0.25) is 0 Å². The van der Waals surface area contributed by atoms with Crippen LogP contribution in [0.15, 0.2) is 35.3 Å². The number of aromatic nitrogens is 2. The molecule has 0 aromatic carbocycles. The zero-order chi connectivity index (χ0) is 12.4. The highest BCUT2D eigenvalue weighted by atomic mass is 16.3. The summed E-state index contributed by atoms with van der Waals surface area (Å²) in [6.07, 6.45) is 9.15. The summed E-state index contributed by atoms with van der Waals surface area (Å²) in [7, 11) is 0. The van der Waals surface area contributed by atoms with Gasteiger partial charge >= 0.3 is 0 Å². The molecule has 96 valence electrons. The molecule has 1 aliphatic rings. The second-order valence-corrected chi connectivity index (χ2v) is 5.09. The molecule has 1 atom stereocenters. The molecule has 2 aromatic heterocycles. The van der Waals surface area contributed by atoms with Crippen molar-refractivity contribution in [2.24, 2.45) is 0 Å². The molecule has 0 bridgehead atoms. The molecule has 4 heteroatoms. The van der Waals surface area contributed by atoms with Crippen LogP contribution in [0.1, 0.15) is 37.3 Å². The van der Waals surface area contributed by atoms with Gasteiger partial charge in [0.1, 0.15) is 5.76 Å². The Balaban J connectivity index is 1.52. The van der Waals surface area contributed by atoms with Gasteiger partial charge in [-0.1, -0.05) is 0 Å². The molecule has 1 saturated carbocycles. The first-order valence-corrected chi connectivity index (χ1v) is 6.59. The normalized spacial score (nSPS) is 16.9. The van der Waals surface area contributed by atoms with Crippen molar-refractivity contribution in [3.8, 4) is 0 Å². The Kier molecular flexibility index (Phi) is 3.19. The van der Waals surface area contributed by atoms with Crippen LogP contribution in [-0.2, 0) is 13.0 Å². The van der Waals surface area contributed by atoms with Crippen molar-refractivity contribution in [3.63, 3.8) is 0 Å². The lowest BCUT2D eigenvalue weighted by atomic mass is 10.2. The molecule has 1 unspecified atom stereocenters. The third-order valence-electron chi connectivity index (χ3n) is 3.41. The van der Waals surface area contributed by atoms with Gasteiger partial charge in [0.25, 0.3) is 0 Å². The lowest BCUT2D eigenvalue weighted by Gasteiger charge is -2.13. The molecule has 1 N–H and O–H groups in total. The van der Waals surface area contributed by atoms with Crippen molar-refractivity contribution in [3.05, 3.63) is 42.4 Å². The summed E-state index contributed by atoms with van der Waals surface area (Å²) in [5.41, 5.74) is 1.28. The van der Waals surface area contributed by atoms with Gasteiger partial charge in [-0.05, 0) is 31.9 Å². The minimum atomic E-state index is 0.402. The van der Waals surface area contributed by atoms with Gasteiger partial charge in [-0.15, -0.1) is 0 Å². The van der Waals surface area contributed by atoms with Crippen LogP contribution in [0.25, 0.3) is 0 Å². The van der Waals surface area contributed by atoms with Crippen LogP contribution in [0.4, 0.5) is 0 Å². The van der Waals surface area contributed by atoms with E-state index >= 15 is 0 Å². The largest absolute Gasteiger partial charge is 0.469 e. The maximum Gasteiger partial charge on any atom is 0.105 e. The van der Waals surface area contributed by atoms with Crippen LogP contribution >= 0.6 is 0 Å². The quantitative estimate of drug-likeness (QED) is 0.850. The Morgan fingerprint density at radius 1 is 1.56 bits per heavy atom. The molecule has 0 aliphatic heterocycles. The minimum Gasteiger partial charge on any atom is -0.469 e. The molecule has 0 amide bonds. The predicted octanol–water partition coefficient (Wildman–Crippen LogP) is 2.53. The molecule has 1 aliphatic carbocycles. The molecule has 2 heterocycles. The number of imidazole rings is 1. The number of furan rings is 1. The van der Waals surface area contributed by atoms with Gasteiger partial charge in [0.05, 0.1) is 18.3 Å². The highest BCUT2D eigenvalue weighted by Gasteiger charge is 2.25. The van der Waals surface area contributed by atoms with Crippen molar-refractivity contribution in [1.82, 2.24) is 14.9 Å². The summed E-state index contributed by atoms with van der Waals surface area (Å²) < 4.78 is 7.65. The van der Waals surface area contributed by atoms with E-state index < -0.39 is 0 Å². The summed E-state index contributed by atoms with van der Waals surface area (Å²) >= 11 is 0. The Labute approximate surface area is 107 Å². The third-order valence-corrected chi connectivity index (χ3v) is 3.41. The van der Waals surface area contributed by atoms with Crippen molar-refractivity contribution >= 4 is 0 Å². The summed E-state index contributed by atoms with van der Waals surface area (Å²) in [5.74, 6) is 1.03. The number of nitrogens with one attached hydrogen (secondary N) is 1. The number of rotatable bonds is 6. The van der Waals surface area contributed by atoms with Gasteiger partial charge in [-0.25, -0.2) is 4.98 Å². The van der Waals surface area contributed by atoms with E-state index in [0.717, 1.165) is 18.7 Å². The molecular weight excluding hydrogens is 226 g/mol. The highest BCUT2D eigenvalue weighted by Crippen LogP contribution is 2.35. The van der Waals surface area contributed by atoms with Crippen molar-refractivity contribution in [2.45, 2.75) is 44.8 Å². The molecule has 4 nitrogen and oxygen atoms in total. The molecule has 0 spiro atoms. The Morgan fingerprint density at radius 2 is 2.44 bits per heavy atom. The Bertz CT molecular complexity index is 485. The van der Waals surface area contributed by atoms with Crippen molar-refractivity contribution in [1.29, 1.82) is 0 Å². The SMILES string of the molecule is CC(Cc1ccco1)NCc1cncn1C1CC1. The lowest BCUT2D eigenvalue weighted by Crippen LogP contribution is -2.28. The summed E-state index contributed by atoms with van der Waals surface area (Å²) in [4.78, 5) is 4.24. The molecule has 0 radical (unpaired) electrons. The van der Waals surface area contributed by atoms with E-state index in [4.69, 9.17) is 4.42 Å². The average Bonchev–Trinajstić information content (AvgIpc) is 2.90. The minimum absolute atomic E-state index is 0.402. The zero-order valence-electron chi connectivity index (χ0n) is 10.7. The maximum atomic E-state index is 5.36. The van der Waals surface area contributed by atoms with E-state index in [1.807, 2.05) is 24.7 Å². The third kappa shape index (κ3) is 2.64.